The molecule has 0 radical (unpaired) electrons. The quantitative estimate of drug-likeness (QED) is 0.289. The number of rotatable bonds is 6. The van der Waals surface area contributed by atoms with E-state index in [4.69, 9.17) is 17.1 Å². The van der Waals surface area contributed by atoms with Crippen LogP contribution in [-0.2, 0) is 10.0 Å². The van der Waals surface area contributed by atoms with Gasteiger partial charge in [0.1, 0.15) is 0 Å². The van der Waals surface area contributed by atoms with Crippen molar-refractivity contribution in [2.75, 3.05) is 29.4 Å². The fraction of sp³-hybridized carbons (Fsp3) is 0.346. The van der Waals surface area contributed by atoms with Gasteiger partial charge in [-0.2, -0.15) is 12.5 Å². The van der Waals surface area contributed by atoms with Gasteiger partial charge in [0.2, 0.25) is 5.95 Å². The first-order chi connectivity index (χ1) is 19.9. The summed E-state index contributed by atoms with van der Waals surface area (Å²) >= 11 is 7.79. The summed E-state index contributed by atoms with van der Waals surface area (Å²) in [6.07, 6.45) is 3.83. The Labute approximate surface area is 235 Å². The molecule has 1 spiro atoms. The highest BCUT2D eigenvalue weighted by molar-refractivity contribution is 7.99. The molecule has 8 nitrogen and oxygen atoms in total. The molecule has 1 aliphatic heterocycles. The van der Waals surface area contributed by atoms with Crippen LogP contribution in [0.25, 0.3) is 10.9 Å². The van der Waals surface area contributed by atoms with E-state index < -0.39 is 50.4 Å². The molecule has 2 aliphatic rings. The summed E-state index contributed by atoms with van der Waals surface area (Å²) in [5.74, 6) is 0.223. The fourth-order valence-corrected chi connectivity index (χ4v) is 6.85. The monoisotopic (exact) mass is 576 g/mol. The molecule has 2 aromatic heterocycles. The number of thioether (sulfide) groups is 1. The highest BCUT2D eigenvalue weighted by atomic mass is 35.5. The Kier molecular flexibility index (Phi) is 5.19. The van der Waals surface area contributed by atoms with Gasteiger partial charge in [-0.25, -0.2) is 14.4 Å². The lowest BCUT2D eigenvalue weighted by Crippen LogP contribution is -2.56. The molecule has 0 unspecified atom stereocenters. The molecule has 1 saturated heterocycles. The SMILES string of the molecule is [2H]c1c([2H])c(S(=O)(=O)n2nc(N3CCN(c4ncc(F)cn4)CC34CC4)c3c(Cl)cccc32)c([2H])c([2H])c1SC(C)C. The van der Waals surface area contributed by atoms with E-state index in [1.165, 1.54) is 0 Å². The maximum atomic E-state index is 14.1. The zero-order valence-electron chi connectivity index (χ0n) is 24.6. The van der Waals surface area contributed by atoms with Crippen LogP contribution >= 0.6 is 23.4 Å². The van der Waals surface area contributed by atoms with Gasteiger partial charge in [0.15, 0.2) is 11.6 Å². The lowest BCUT2D eigenvalue weighted by molar-refractivity contribution is 0.497. The number of halogens is 2. The minimum absolute atomic E-state index is 0.0379. The van der Waals surface area contributed by atoms with E-state index >= 15 is 0 Å². The van der Waals surface area contributed by atoms with Crippen LogP contribution in [-0.4, -0.2) is 58.0 Å². The van der Waals surface area contributed by atoms with Crippen molar-refractivity contribution in [3.63, 3.8) is 0 Å². The van der Waals surface area contributed by atoms with Gasteiger partial charge >= 0.3 is 0 Å². The Balaban J connectivity index is 1.46. The maximum absolute atomic E-state index is 14.1. The molecular formula is C26H26ClFN6O2S2. The number of nitrogens with zero attached hydrogens (tertiary/aromatic N) is 6. The third-order valence-electron chi connectivity index (χ3n) is 6.65. The number of hydrogen-bond acceptors (Lipinski definition) is 8. The first kappa shape index (κ1) is 21.0. The van der Waals surface area contributed by atoms with E-state index in [1.807, 2.05) is 23.6 Å². The van der Waals surface area contributed by atoms with Crippen LogP contribution in [0.4, 0.5) is 16.2 Å². The Hall–Kier alpha value is -2.89. The molecule has 198 valence electrons. The van der Waals surface area contributed by atoms with E-state index in [1.54, 1.807) is 18.2 Å². The lowest BCUT2D eigenvalue weighted by Gasteiger charge is -2.42. The third-order valence-corrected chi connectivity index (χ3v) is 9.33. The predicted molar refractivity (Wildman–Crippen MR) is 148 cm³/mol. The molecule has 0 amide bonds. The van der Waals surface area contributed by atoms with Crippen LogP contribution in [0.5, 0.6) is 0 Å². The number of fused-ring (bicyclic) bond motifs is 1. The van der Waals surface area contributed by atoms with Gasteiger partial charge < -0.3 is 9.80 Å². The van der Waals surface area contributed by atoms with Crippen molar-refractivity contribution in [2.24, 2.45) is 0 Å². The van der Waals surface area contributed by atoms with Crippen molar-refractivity contribution < 1.29 is 18.3 Å². The van der Waals surface area contributed by atoms with E-state index in [0.717, 1.165) is 41.1 Å². The topological polar surface area (TPSA) is 84.2 Å². The standard InChI is InChI=1S/C26H26ClFN6O2S2/c1-17(2)37-19-6-8-20(9-7-19)38(35,36)34-22-5-3-4-21(27)23(22)24(31-34)33-13-12-32(16-26(33)10-11-26)25-29-14-18(28)15-30-25/h3-9,14-15,17H,10-13,16H2,1-2H3/i6D,7D,8D,9D. The summed E-state index contributed by atoms with van der Waals surface area (Å²) in [5, 5.41) is 5.21. The largest absolute Gasteiger partial charge is 0.345 e. The van der Waals surface area contributed by atoms with Gasteiger partial charge in [-0.15, -0.1) is 16.9 Å². The number of hydrogen-bond donors (Lipinski definition) is 0. The van der Waals surface area contributed by atoms with Gasteiger partial charge in [0, 0.05) is 29.8 Å². The van der Waals surface area contributed by atoms with Crippen molar-refractivity contribution in [3.8, 4) is 0 Å². The molecule has 0 atom stereocenters. The average molecular weight is 577 g/mol. The summed E-state index contributed by atoms with van der Waals surface area (Å²) in [6.45, 7) is 5.10. The Morgan fingerprint density at radius 3 is 2.50 bits per heavy atom. The number of piperazine rings is 1. The van der Waals surface area contributed by atoms with E-state index in [2.05, 4.69) is 15.1 Å². The number of aromatic nitrogens is 4. The summed E-state index contributed by atoms with van der Waals surface area (Å²) in [5.41, 5.74) is -0.236. The molecule has 12 heteroatoms. The second kappa shape index (κ2) is 9.39. The molecule has 1 aliphatic carbocycles. The highest BCUT2D eigenvalue weighted by Gasteiger charge is 2.53. The molecule has 38 heavy (non-hydrogen) atoms. The van der Waals surface area contributed by atoms with Crippen LogP contribution in [0, 0.1) is 5.82 Å². The van der Waals surface area contributed by atoms with Crippen LogP contribution in [0.1, 0.15) is 32.2 Å². The summed E-state index contributed by atoms with van der Waals surface area (Å²) in [6, 6.07) is 2.64. The van der Waals surface area contributed by atoms with Crippen LogP contribution in [0.3, 0.4) is 0 Å². The Morgan fingerprint density at radius 2 is 1.84 bits per heavy atom. The van der Waals surface area contributed by atoms with E-state index in [9.17, 15) is 12.8 Å². The van der Waals surface area contributed by atoms with Gasteiger partial charge in [-0.3, -0.25) is 0 Å². The molecule has 4 aromatic rings. The average Bonchev–Trinajstić information content (AvgIpc) is 3.58. The second-order valence-electron chi connectivity index (χ2n) is 9.63. The van der Waals surface area contributed by atoms with Crippen molar-refractivity contribution in [2.45, 2.75) is 47.3 Å². The number of benzene rings is 2. The smallest absolute Gasteiger partial charge is 0.283 e. The van der Waals surface area contributed by atoms with Gasteiger partial charge in [0.25, 0.3) is 10.0 Å². The molecule has 0 N–H and O–H groups in total. The van der Waals surface area contributed by atoms with Gasteiger partial charge in [-0.1, -0.05) is 31.5 Å². The molecular weight excluding hydrogens is 547 g/mol. The molecule has 3 heterocycles. The van der Waals surface area contributed by atoms with Crippen molar-refractivity contribution in [3.05, 3.63) is 65.6 Å². The van der Waals surface area contributed by atoms with Gasteiger partial charge in [0.05, 0.1) is 44.2 Å². The molecule has 0 bridgehead atoms. The number of anilines is 2. The first-order valence-corrected chi connectivity index (χ1v) is 14.8. The molecule has 6 rings (SSSR count). The fourth-order valence-electron chi connectivity index (χ4n) is 4.78. The zero-order chi connectivity index (χ0) is 30.1. The van der Waals surface area contributed by atoms with Gasteiger partial charge in [-0.05, 0) is 49.1 Å². The lowest BCUT2D eigenvalue weighted by atomic mass is 10.1. The van der Waals surface area contributed by atoms with Crippen molar-refractivity contribution in [1.82, 2.24) is 19.2 Å². The molecule has 1 saturated carbocycles. The minimum atomic E-state index is -4.70. The van der Waals surface area contributed by atoms with E-state index in [0.29, 0.717) is 36.8 Å². The van der Waals surface area contributed by atoms with E-state index in [-0.39, 0.29) is 20.7 Å². The Morgan fingerprint density at radius 1 is 1.13 bits per heavy atom. The first-order valence-electron chi connectivity index (χ1n) is 14.1. The summed E-state index contributed by atoms with van der Waals surface area (Å²) in [7, 11) is -4.70. The Bertz CT molecular complexity index is 1810. The maximum Gasteiger partial charge on any atom is 0.283 e. The second-order valence-corrected chi connectivity index (χ2v) is 13.3. The highest BCUT2D eigenvalue weighted by Crippen LogP contribution is 2.49. The van der Waals surface area contributed by atoms with Crippen molar-refractivity contribution in [1.29, 1.82) is 0 Å². The summed E-state index contributed by atoms with van der Waals surface area (Å²) < 4.78 is 76.5. The normalized spacial score (nSPS) is 18.6. The summed E-state index contributed by atoms with van der Waals surface area (Å²) in [4.78, 5) is 11.6. The van der Waals surface area contributed by atoms with Crippen LogP contribution in [0.15, 0.2) is 64.6 Å². The van der Waals surface area contributed by atoms with Crippen molar-refractivity contribution >= 4 is 56.1 Å². The third kappa shape index (κ3) is 4.40. The van der Waals surface area contributed by atoms with Crippen LogP contribution in [0.2, 0.25) is 5.02 Å². The minimum Gasteiger partial charge on any atom is -0.345 e. The molecule has 2 fully saturated rings. The zero-order valence-corrected chi connectivity index (χ0v) is 23.0. The van der Waals surface area contributed by atoms with Crippen LogP contribution < -0.4 is 9.80 Å². The predicted octanol–water partition coefficient (Wildman–Crippen LogP) is 5.22. The molecule has 2 aromatic carbocycles.